The van der Waals surface area contributed by atoms with Gasteiger partial charge in [-0.05, 0) is 29.5 Å². The van der Waals surface area contributed by atoms with Crippen molar-refractivity contribution in [2.75, 3.05) is 0 Å². The summed E-state index contributed by atoms with van der Waals surface area (Å²) in [6, 6.07) is 17.7. The molecule has 0 saturated carbocycles. The highest BCUT2D eigenvalue weighted by Crippen LogP contribution is 2.19. The number of carboxylic acid groups (broad SMARTS) is 1. The van der Waals surface area contributed by atoms with E-state index >= 15 is 0 Å². The second kappa shape index (κ2) is 7.02. The Kier molecular flexibility index (Phi) is 5.09. The van der Waals surface area contributed by atoms with Crippen LogP contribution in [0.15, 0.2) is 54.6 Å². The Bertz CT molecular complexity index is 581. The van der Waals surface area contributed by atoms with E-state index in [0.717, 1.165) is 16.7 Å². The van der Waals surface area contributed by atoms with Gasteiger partial charge in [-0.3, -0.25) is 0 Å². The fraction of sp³-hybridized carbons (Fsp3) is 0.235. The van der Waals surface area contributed by atoms with E-state index in [9.17, 15) is 9.90 Å². The number of hydrogen-bond donors (Lipinski definition) is 3. The van der Waals surface area contributed by atoms with Gasteiger partial charge in [-0.2, -0.15) is 0 Å². The molecular weight excluding hydrogens is 266 g/mol. The Labute approximate surface area is 123 Å². The minimum atomic E-state index is -1.40. The van der Waals surface area contributed by atoms with Gasteiger partial charge in [-0.1, -0.05) is 54.6 Å². The zero-order chi connectivity index (χ0) is 15.2. The standard InChI is InChI=1S/C17H19NO3/c18-15(11-16(19)17(20)21)10-12-6-8-14(9-7-12)13-4-2-1-3-5-13/h1-9,15-16,19H,10-11,18H2,(H,20,21)/t15?,16-/m1/s1. The minimum Gasteiger partial charge on any atom is -0.479 e. The van der Waals surface area contributed by atoms with Crippen LogP contribution >= 0.6 is 0 Å². The molecule has 0 amide bonds. The van der Waals surface area contributed by atoms with E-state index in [4.69, 9.17) is 10.8 Å². The van der Waals surface area contributed by atoms with Crippen LogP contribution in [0.4, 0.5) is 0 Å². The summed E-state index contributed by atoms with van der Waals surface area (Å²) in [4.78, 5) is 10.6. The SMILES string of the molecule is NC(Cc1ccc(-c2ccccc2)cc1)C[C@@H](O)C(=O)O. The zero-order valence-corrected chi connectivity index (χ0v) is 11.6. The van der Waals surface area contributed by atoms with Gasteiger partial charge in [-0.25, -0.2) is 4.79 Å². The molecule has 2 atom stereocenters. The monoisotopic (exact) mass is 285 g/mol. The maximum absolute atomic E-state index is 10.6. The van der Waals surface area contributed by atoms with E-state index in [1.165, 1.54) is 0 Å². The van der Waals surface area contributed by atoms with Crippen LogP contribution in [0.2, 0.25) is 0 Å². The largest absolute Gasteiger partial charge is 0.479 e. The number of nitrogens with two attached hydrogens (primary N) is 1. The van der Waals surface area contributed by atoms with Crippen molar-refractivity contribution in [3.8, 4) is 11.1 Å². The predicted molar refractivity (Wildman–Crippen MR) is 81.8 cm³/mol. The minimum absolute atomic E-state index is 0.0514. The summed E-state index contributed by atoms with van der Waals surface area (Å²) in [6.45, 7) is 0. The maximum Gasteiger partial charge on any atom is 0.332 e. The van der Waals surface area contributed by atoms with Crippen LogP contribution in [-0.4, -0.2) is 28.3 Å². The average molecular weight is 285 g/mol. The number of hydrogen-bond acceptors (Lipinski definition) is 3. The van der Waals surface area contributed by atoms with Crippen molar-refractivity contribution in [3.63, 3.8) is 0 Å². The Morgan fingerprint density at radius 3 is 2.14 bits per heavy atom. The van der Waals surface area contributed by atoms with Crippen molar-refractivity contribution in [2.45, 2.75) is 25.0 Å². The molecule has 4 heteroatoms. The van der Waals surface area contributed by atoms with E-state index in [0.29, 0.717) is 6.42 Å². The molecule has 1 unspecified atom stereocenters. The molecule has 0 bridgehead atoms. The van der Waals surface area contributed by atoms with Gasteiger partial charge in [0.05, 0.1) is 0 Å². The molecule has 110 valence electrons. The molecule has 0 aliphatic carbocycles. The Balaban J connectivity index is 1.98. The van der Waals surface area contributed by atoms with Crippen LogP contribution in [0.5, 0.6) is 0 Å². The van der Waals surface area contributed by atoms with Crippen LogP contribution in [-0.2, 0) is 11.2 Å². The number of carbonyl (C=O) groups is 1. The van der Waals surface area contributed by atoms with Gasteiger partial charge in [0.1, 0.15) is 0 Å². The summed E-state index contributed by atoms with van der Waals surface area (Å²) < 4.78 is 0. The maximum atomic E-state index is 10.6. The lowest BCUT2D eigenvalue weighted by atomic mass is 9.98. The van der Waals surface area contributed by atoms with Crippen LogP contribution in [0.1, 0.15) is 12.0 Å². The van der Waals surface area contributed by atoms with Gasteiger partial charge < -0.3 is 15.9 Å². The lowest BCUT2D eigenvalue weighted by Gasteiger charge is -2.14. The molecule has 0 fully saturated rings. The third kappa shape index (κ3) is 4.41. The van der Waals surface area contributed by atoms with E-state index in [1.54, 1.807) is 0 Å². The normalized spacial score (nSPS) is 13.6. The molecular formula is C17H19NO3. The topological polar surface area (TPSA) is 83.5 Å². The molecule has 0 saturated heterocycles. The van der Waals surface area contributed by atoms with Gasteiger partial charge in [0.25, 0.3) is 0 Å². The number of carboxylic acids is 1. The lowest BCUT2D eigenvalue weighted by Crippen LogP contribution is -2.32. The quantitative estimate of drug-likeness (QED) is 0.758. The fourth-order valence-electron chi connectivity index (χ4n) is 2.24. The third-order valence-corrected chi connectivity index (χ3v) is 3.37. The summed E-state index contributed by atoms with van der Waals surface area (Å²) >= 11 is 0. The molecule has 0 aromatic heterocycles. The Morgan fingerprint density at radius 2 is 1.57 bits per heavy atom. The van der Waals surface area contributed by atoms with E-state index < -0.39 is 12.1 Å². The lowest BCUT2D eigenvalue weighted by molar-refractivity contribution is -0.147. The predicted octanol–water partition coefficient (Wildman–Crippen LogP) is 2.06. The molecule has 0 heterocycles. The first-order chi connectivity index (χ1) is 10.1. The zero-order valence-electron chi connectivity index (χ0n) is 11.6. The smallest absolute Gasteiger partial charge is 0.332 e. The molecule has 4 nitrogen and oxygen atoms in total. The van der Waals surface area contributed by atoms with Crippen molar-refractivity contribution in [1.29, 1.82) is 0 Å². The van der Waals surface area contributed by atoms with Crippen LogP contribution < -0.4 is 5.73 Å². The van der Waals surface area contributed by atoms with E-state index in [1.807, 2.05) is 54.6 Å². The summed E-state index contributed by atoms with van der Waals surface area (Å²) in [7, 11) is 0. The van der Waals surface area contributed by atoms with E-state index in [-0.39, 0.29) is 12.5 Å². The first-order valence-electron chi connectivity index (χ1n) is 6.87. The molecule has 0 aliphatic rings. The molecule has 2 aromatic rings. The van der Waals surface area contributed by atoms with Crippen molar-refractivity contribution in [2.24, 2.45) is 5.73 Å². The summed E-state index contributed by atoms with van der Waals surface area (Å²) in [5.74, 6) is -1.23. The summed E-state index contributed by atoms with van der Waals surface area (Å²) in [5.41, 5.74) is 9.17. The van der Waals surface area contributed by atoms with Crippen molar-refractivity contribution in [3.05, 3.63) is 60.2 Å². The highest BCUT2D eigenvalue weighted by molar-refractivity contribution is 5.71. The van der Waals surface area contributed by atoms with Crippen molar-refractivity contribution >= 4 is 5.97 Å². The second-order valence-electron chi connectivity index (χ2n) is 5.12. The highest BCUT2D eigenvalue weighted by atomic mass is 16.4. The highest BCUT2D eigenvalue weighted by Gasteiger charge is 2.17. The van der Waals surface area contributed by atoms with Gasteiger partial charge >= 0.3 is 5.97 Å². The van der Waals surface area contributed by atoms with Crippen molar-refractivity contribution < 1.29 is 15.0 Å². The fourth-order valence-corrected chi connectivity index (χ4v) is 2.24. The van der Waals surface area contributed by atoms with E-state index in [2.05, 4.69) is 0 Å². The van der Waals surface area contributed by atoms with Crippen molar-refractivity contribution in [1.82, 2.24) is 0 Å². The van der Waals surface area contributed by atoms with Gasteiger partial charge in [0.2, 0.25) is 0 Å². The molecule has 0 spiro atoms. The summed E-state index contributed by atoms with van der Waals surface area (Å²) in [6.07, 6.45) is -0.807. The average Bonchev–Trinajstić information content (AvgIpc) is 2.48. The second-order valence-corrected chi connectivity index (χ2v) is 5.12. The van der Waals surface area contributed by atoms with Crippen LogP contribution in [0.3, 0.4) is 0 Å². The number of aliphatic hydroxyl groups is 1. The third-order valence-electron chi connectivity index (χ3n) is 3.37. The Morgan fingerprint density at radius 1 is 1.00 bits per heavy atom. The Hall–Kier alpha value is -2.17. The number of benzene rings is 2. The first kappa shape index (κ1) is 15.2. The summed E-state index contributed by atoms with van der Waals surface area (Å²) in [5, 5.41) is 17.9. The number of rotatable bonds is 6. The van der Waals surface area contributed by atoms with Crippen LogP contribution in [0, 0.1) is 0 Å². The number of aliphatic carboxylic acids is 1. The first-order valence-corrected chi connectivity index (χ1v) is 6.87. The number of aliphatic hydroxyl groups excluding tert-OH is 1. The van der Waals surface area contributed by atoms with Gasteiger partial charge in [0.15, 0.2) is 6.10 Å². The molecule has 0 radical (unpaired) electrons. The molecule has 21 heavy (non-hydrogen) atoms. The molecule has 4 N–H and O–H groups in total. The van der Waals surface area contributed by atoms with Gasteiger partial charge in [-0.15, -0.1) is 0 Å². The van der Waals surface area contributed by atoms with Crippen LogP contribution in [0.25, 0.3) is 11.1 Å². The van der Waals surface area contributed by atoms with Gasteiger partial charge in [0, 0.05) is 6.04 Å². The molecule has 2 rings (SSSR count). The molecule has 0 aliphatic heterocycles. The molecule has 2 aromatic carbocycles.